The fourth-order valence-corrected chi connectivity index (χ4v) is 1.83. The first-order valence-corrected chi connectivity index (χ1v) is 5.03. The molecule has 0 atom stereocenters. The van der Waals surface area contributed by atoms with Gasteiger partial charge in [-0.15, -0.1) is 0 Å². The molecule has 0 spiro atoms. The highest BCUT2D eigenvalue weighted by molar-refractivity contribution is 5.66. The summed E-state index contributed by atoms with van der Waals surface area (Å²) >= 11 is 0. The summed E-state index contributed by atoms with van der Waals surface area (Å²) in [7, 11) is 0. The number of aryl methyl sites for hydroxylation is 2. The van der Waals surface area contributed by atoms with Crippen LogP contribution >= 0.6 is 0 Å². The molecule has 0 aromatic heterocycles. The van der Waals surface area contributed by atoms with E-state index < -0.39 is 0 Å². The van der Waals surface area contributed by atoms with Crippen LogP contribution in [0.1, 0.15) is 11.1 Å². The van der Waals surface area contributed by atoms with Crippen LogP contribution in [-0.4, -0.2) is 5.11 Å². The zero-order valence-corrected chi connectivity index (χ0v) is 8.99. The summed E-state index contributed by atoms with van der Waals surface area (Å²) in [6, 6.07) is 13.7. The van der Waals surface area contributed by atoms with E-state index in [9.17, 15) is 5.11 Å². The third-order valence-electron chi connectivity index (χ3n) is 2.40. The lowest BCUT2D eigenvalue weighted by Gasteiger charge is -2.05. The van der Waals surface area contributed by atoms with E-state index in [1.165, 1.54) is 11.1 Å². The Balaban J connectivity index is 2.54. The Morgan fingerprint density at radius 1 is 0.800 bits per heavy atom. The first-order valence-electron chi connectivity index (χ1n) is 5.03. The van der Waals surface area contributed by atoms with Gasteiger partial charge >= 0.3 is 0 Å². The van der Waals surface area contributed by atoms with E-state index in [0.717, 1.165) is 11.1 Å². The van der Waals surface area contributed by atoms with Crippen molar-refractivity contribution in [3.05, 3.63) is 53.6 Å². The average molecular weight is 198 g/mol. The standard InChI is InChI=1S/C14H14O/c1-10-6-11(2)8-13(7-10)12-4-3-5-14(15)9-12/h3-9,15H,1-2H3. The highest BCUT2D eigenvalue weighted by Gasteiger charge is 2.00. The van der Waals surface area contributed by atoms with Crippen LogP contribution < -0.4 is 0 Å². The molecule has 0 saturated carbocycles. The molecule has 76 valence electrons. The minimum Gasteiger partial charge on any atom is -0.508 e. The first kappa shape index (κ1) is 9.78. The number of phenolic OH excluding ortho intramolecular Hbond substituents is 1. The molecule has 2 aromatic rings. The maximum Gasteiger partial charge on any atom is 0.116 e. The quantitative estimate of drug-likeness (QED) is 0.741. The van der Waals surface area contributed by atoms with Crippen molar-refractivity contribution < 1.29 is 5.11 Å². The number of phenols is 1. The Morgan fingerprint density at radius 2 is 1.47 bits per heavy atom. The number of aromatic hydroxyl groups is 1. The minimum atomic E-state index is 0.312. The molecule has 2 rings (SSSR count). The van der Waals surface area contributed by atoms with E-state index in [4.69, 9.17) is 0 Å². The Kier molecular flexibility index (Phi) is 2.46. The molecule has 0 fully saturated rings. The maximum atomic E-state index is 9.41. The number of hydrogen-bond donors (Lipinski definition) is 1. The van der Waals surface area contributed by atoms with E-state index in [1.807, 2.05) is 12.1 Å². The summed E-state index contributed by atoms with van der Waals surface area (Å²) in [4.78, 5) is 0. The van der Waals surface area contributed by atoms with Gasteiger partial charge in [0.25, 0.3) is 0 Å². The lowest BCUT2D eigenvalue weighted by Crippen LogP contribution is -1.82. The predicted molar refractivity (Wildman–Crippen MR) is 63.0 cm³/mol. The molecule has 0 saturated heterocycles. The second kappa shape index (κ2) is 3.77. The molecule has 0 bridgehead atoms. The highest BCUT2D eigenvalue weighted by atomic mass is 16.3. The summed E-state index contributed by atoms with van der Waals surface area (Å²) in [5.41, 5.74) is 4.70. The van der Waals surface area contributed by atoms with Crippen molar-refractivity contribution in [2.75, 3.05) is 0 Å². The van der Waals surface area contributed by atoms with Gasteiger partial charge in [-0.2, -0.15) is 0 Å². The topological polar surface area (TPSA) is 20.2 Å². The van der Waals surface area contributed by atoms with Gasteiger partial charge in [-0.3, -0.25) is 0 Å². The molecule has 1 heteroatoms. The molecule has 1 N–H and O–H groups in total. The van der Waals surface area contributed by atoms with Crippen LogP contribution in [0.4, 0.5) is 0 Å². The van der Waals surface area contributed by atoms with Crippen LogP contribution in [0.2, 0.25) is 0 Å². The van der Waals surface area contributed by atoms with Gasteiger partial charge in [-0.25, -0.2) is 0 Å². The third-order valence-corrected chi connectivity index (χ3v) is 2.40. The van der Waals surface area contributed by atoms with Crippen molar-refractivity contribution in [2.45, 2.75) is 13.8 Å². The molecule has 2 aromatic carbocycles. The molecule has 0 radical (unpaired) electrons. The Bertz CT molecular complexity index is 466. The second-order valence-electron chi connectivity index (χ2n) is 3.93. The zero-order valence-electron chi connectivity index (χ0n) is 8.99. The van der Waals surface area contributed by atoms with Crippen molar-refractivity contribution in [3.8, 4) is 16.9 Å². The van der Waals surface area contributed by atoms with Gasteiger partial charge < -0.3 is 5.11 Å². The van der Waals surface area contributed by atoms with E-state index in [-0.39, 0.29) is 0 Å². The lowest BCUT2D eigenvalue weighted by molar-refractivity contribution is 0.475. The first-order chi connectivity index (χ1) is 7.15. The molecule has 0 aliphatic heterocycles. The van der Waals surface area contributed by atoms with Crippen molar-refractivity contribution in [1.29, 1.82) is 0 Å². The van der Waals surface area contributed by atoms with Gasteiger partial charge in [0.05, 0.1) is 0 Å². The van der Waals surface area contributed by atoms with Crippen LogP contribution in [0.25, 0.3) is 11.1 Å². The van der Waals surface area contributed by atoms with Crippen LogP contribution in [0.15, 0.2) is 42.5 Å². The lowest BCUT2D eigenvalue weighted by atomic mass is 10.0. The van der Waals surface area contributed by atoms with Crippen LogP contribution in [0, 0.1) is 13.8 Å². The SMILES string of the molecule is Cc1cc(C)cc(-c2cccc(O)c2)c1. The smallest absolute Gasteiger partial charge is 0.116 e. The van der Waals surface area contributed by atoms with Gasteiger partial charge in [0, 0.05) is 0 Å². The molecule has 0 aliphatic rings. The molecule has 0 aliphatic carbocycles. The molecule has 0 unspecified atom stereocenters. The fourth-order valence-electron chi connectivity index (χ4n) is 1.83. The van der Waals surface area contributed by atoms with Crippen molar-refractivity contribution >= 4 is 0 Å². The monoisotopic (exact) mass is 198 g/mol. The van der Waals surface area contributed by atoms with Crippen LogP contribution in [0.3, 0.4) is 0 Å². The van der Waals surface area contributed by atoms with Crippen molar-refractivity contribution in [2.24, 2.45) is 0 Å². The van der Waals surface area contributed by atoms with Crippen LogP contribution in [0.5, 0.6) is 5.75 Å². The van der Waals surface area contributed by atoms with Crippen molar-refractivity contribution in [3.63, 3.8) is 0 Å². The zero-order chi connectivity index (χ0) is 10.8. The summed E-state index contributed by atoms with van der Waals surface area (Å²) in [5, 5.41) is 9.41. The summed E-state index contributed by atoms with van der Waals surface area (Å²) in [5.74, 6) is 0.312. The van der Waals surface area contributed by atoms with Gasteiger partial charge in [0.1, 0.15) is 5.75 Å². The second-order valence-corrected chi connectivity index (χ2v) is 3.93. The Hall–Kier alpha value is -1.76. The summed E-state index contributed by atoms with van der Waals surface area (Å²) in [6.45, 7) is 4.17. The molecule has 0 heterocycles. The Labute approximate surface area is 90.0 Å². The minimum absolute atomic E-state index is 0.312. The van der Waals surface area contributed by atoms with Crippen LogP contribution in [-0.2, 0) is 0 Å². The van der Waals surface area contributed by atoms with E-state index >= 15 is 0 Å². The number of rotatable bonds is 1. The van der Waals surface area contributed by atoms with E-state index in [0.29, 0.717) is 5.75 Å². The number of hydrogen-bond acceptors (Lipinski definition) is 1. The molecular formula is C14H14O. The van der Waals surface area contributed by atoms with E-state index in [2.05, 4.69) is 32.0 Å². The van der Waals surface area contributed by atoms with E-state index in [1.54, 1.807) is 12.1 Å². The van der Waals surface area contributed by atoms with Crippen molar-refractivity contribution in [1.82, 2.24) is 0 Å². The third kappa shape index (κ3) is 2.18. The summed E-state index contributed by atoms with van der Waals surface area (Å²) < 4.78 is 0. The van der Waals surface area contributed by atoms with Gasteiger partial charge in [0.2, 0.25) is 0 Å². The Morgan fingerprint density at radius 3 is 2.07 bits per heavy atom. The molecule has 0 amide bonds. The highest BCUT2D eigenvalue weighted by Crippen LogP contribution is 2.24. The predicted octanol–water partition coefficient (Wildman–Crippen LogP) is 3.68. The largest absolute Gasteiger partial charge is 0.508 e. The molecule has 1 nitrogen and oxygen atoms in total. The molecule has 15 heavy (non-hydrogen) atoms. The normalized spacial score (nSPS) is 10.3. The number of benzene rings is 2. The van der Waals surface area contributed by atoms with Gasteiger partial charge in [0.15, 0.2) is 0 Å². The summed E-state index contributed by atoms with van der Waals surface area (Å²) in [6.07, 6.45) is 0. The fraction of sp³-hybridized carbons (Fsp3) is 0.143. The molecular weight excluding hydrogens is 184 g/mol. The average Bonchev–Trinajstić information content (AvgIpc) is 2.16. The van der Waals surface area contributed by atoms with Gasteiger partial charge in [-0.05, 0) is 37.1 Å². The van der Waals surface area contributed by atoms with Gasteiger partial charge in [-0.1, -0.05) is 41.5 Å². The maximum absolute atomic E-state index is 9.41.